The molecule has 1 atom stereocenters. The SMILES string of the molecule is CCc1cnc(OC2CCCN(C(=O)Nc3ccc(Cl)c(Cl)c3)C2)nc1. The van der Waals surface area contributed by atoms with E-state index >= 15 is 0 Å². The first-order valence-electron chi connectivity index (χ1n) is 8.53. The predicted molar refractivity (Wildman–Crippen MR) is 102 cm³/mol. The predicted octanol–water partition coefficient (Wildman–Crippen LogP) is 4.42. The minimum atomic E-state index is -0.195. The van der Waals surface area contributed by atoms with Gasteiger partial charge in [0.1, 0.15) is 6.10 Å². The van der Waals surface area contributed by atoms with Gasteiger partial charge in [0.2, 0.25) is 0 Å². The molecule has 1 fully saturated rings. The minimum absolute atomic E-state index is 0.129. The number of hydrogen-bond acceptors (Lipinski definition) is 4. The zero-order chi connectivity index (χ0) is 18.5. The van der Waals surface area contributed by atoms with E-state index in [2.05, 4.69) is 15.3 Å². The highest BCUT2D eigenvalue weighted by molar-refractivity contribution is 6.42. The van der Waals surface area contributed by atoms with Crippen molar-refractivity contribution < 1.29 is 9.53 Å². The van der Waals surface area contributed by atoms with Crippen LogP contribution in [0.15, 0.2) is 30.6 Å². The molecule has 0 saturated carbocycles. The van der Waals surface area contributed by atoms with E-state index < -0.39 is 0 Å². The van der Waals surface area contributed by atoms with Crippen LogP contribution in [0.4, 0.5) is 10.5 Å². The topological polar surface area (TPSA) is 67.3 Å². The van der Waals surface area contributed by atoms with Crippen LogP contribution in [0, 0.1) is 0 Å². The van der Waals surface area contributed by atoms with E-state index in [0.29, 0.717) is 34.8 Å². The van der Waals surface area contributed by atoms with Crippen molar-refractivity contribution in [3.05, 3.63) is 46.2 Å². The van der Waals surface area contributed by atoms with E-state index in [4.69, 9.17) is 27.9 Å². The lowest BCUT2D eigenvalue weighted by molar-refractivity contribution is 0.0982. The van der Waals surface area contributed by atoms with E-state index in [0.717, 1.165) is 24.8 Å². The molecular weight excluding hydrogens is 375 g/mol. The molecule has 0 aliphatic carbocycles. The number of piperidine rings is 1. The van der Waals surface area contributed by atoms with Crippen LogP contribution in [-0.4, -0.2) is 40.1 Å². The van der Waals surface area contributed by atoms with Crippen LogP contribution in [0.2, 0.25) is 10.0 Å². The number of aromatic nitrogens is 2. The van der Waals surface area contributed by atoms with Gasteiger partial charge in [-0.1, -0.05) is 30.1 Å². The van der Waals surface area contributed by atoms with Gasteiger partial charge in [-0.15, -0.1) is 0 Å². The Bertz CT molecular complexity index is 770. The fraction of sp³-hybridized carbons (Fsp3) is 0.389. The first kappa shape index (κ1) is 18.7. The first-order valence-corrected chi connectivity index (χ1v) is 9.29. The fourth-order valence-electron chi connectivity index (χ4n) is 2.73. The smallest absolute Gasteiger partial charge is 0.321 e. The Morgan fingerprint density at radius 3 is 2.77 bits per heavy atom. The Morgan fingerprint density at radius 2 is 2.08 bits per heavy atom. The summed E-state index contributed by atoms with van der Waals surface area (Å²) in [5.74, 6) is 0. The van der Waals surface area contributed by atoms with Gasteiger partial charge in [-0.25, -0.2) is 14.8 Å². The van der Waals surface area contributed by atoms with Crippen molar-refractivity contribution in [2.75, 3.05) is 18.4 Å². The molecule has 1 aromatic carbocycles. The summed E-state index contributed by atoms with van der Waals surface area (Å²) in [6.45, 7) is 3.19. The van der Waals surface area contributed by atoms with E-state index in [9.17, 15) is 4.79 Å². The van der Waals surface area contributed by atoms with Crippen LogP contribution < -0.4 is 10.1 Å². The molecule has 2 heterocycles. The number of rotatable bonds is 4. The second-order valence-corrected chi connectivity index (χ2v) is 6.93. The summed E-state index contributed by atoms with van der Waals surface area (Å²) < 4.78 is 5.84. The van der Waals surface area contributed by atoms with E-state index in [1.165, 1.54) is 0 Å². The fourth-order valence-corrected chi connectivity index (χ4v) is 3.03. The van der Waals surface area contributed by atoms with Crippen molar-refractivity contribution in [2.24, 2.45) is 0 Å². The van der Waals surface area contributed by atoms with Gasteiger partial charge in [-0.3, -0.25) is 0 Å². The van der Waals surface area contributed by atoms with Crippen molar-refractivity contribution in [2.45, 2.75) is 32.3 Å². The molecular formula is C18H20Cl2N4O2. The average molecular weight is 395 g/mol. The molecule has 1 aliphatic heterocycles. The summed E-state index contributed by atoms with van der Waals surface area (Å²) >= 11 is 11.9. The van der Waals surface area contributed by atoms with Gasteiger partial charge < -0.3 is 15.0 Å². The van der Waals surface area contributed by atoms with Crippen molar-refractivity contribution >= 4 is 34.9 Å². The number of carbonyl (C=O) groups is 1. The molecule has 1 aliphatic rings. The summed E-state index contributed by atoms with van der Waals surface area (Å²) in [5.41, 5.74) is 1.66. The summed E-state index contributed by atoms with van der Waals surface area (Å²) in [7, 11) is 0. The third-order valence-corrected chi connectivity index (χ3v) is 4.94. The monoisotopic (exact) mass is 394 g/mol. The average Bonchev–Trinajstić information content (AvgIpc) is 2.65. The molecule has 26 heavy (non-hydrogen) atoms. The molecule has 1 N–H and O–H groups in total. The maximum absolute atomic E-state index is 12.5. The van der Waals surface area contributed by atoms with Crippen LogP contribution in [0.1, 0.15) is 25.3 Å². The molecule has 1 saturated heterocycles. The Hall–Kier alpha value is -2.05. The quantitative estimate of drug-likeness (QED) is 0.832. The number of aryl methyl sites for hydroxylation is 1. The molecule has 1 unspecified atom stereocenters. The summed E-state index contributed by atoms with van der Waals surface area (Å²) in [6, 6.07) is 5.15. The molecule has 0 spiro atoms. The number of hydrogen-bond donors (Lipinski definition) is 1. The van der Waals surface area contributed by atoms with Crippen LogP contribution in [0.5, 0.6) is 6.01 Å². The van der Waals surface area contributed by atoms with Gasteiger partial charge >= 0.3 is 12.0 Å². The zero-order valence-corrected chi connectivity index (χ0v) is 15.9. The van der Waals surface area contributed by atoms with Gasteiger partial charge in [0, 0.05) is 24.6 Å². The van der Waals surface area contributed by atoms with Gasteiger partial charge in [-0.2, -0.15) is 0 Å². The normalized spacial score (nSPS) is 17.0. The van der Waals surface area contributed by atoms with E-state index in [1.807, 2.05) is 6.92 Å². The number of anilines is 1. The van der Waals surface area contributed by atoms with Gasteiger partial charge in [0.15, 0.2) is 0 Å². The highest BCUT2D eigenvalue weighted by Crippen LogP contribution is 2.25. The Balaban J connectivity index is 1.58. The van der Waals surface area contributed by atoms with E-state index in [1.54, 1.807) is 35.5 Å². The molecule has 2 aromatic rings. The van der Waals surface area contributed by atoms with Crippen molar-refractivity contribution in [1.29, 1.82) is 0 Å². The Morgan fingerprint density at radius 1 is 1.31 bits per heavy atom. The van der Waals surface area contributed by atoms with Crippen molar-refractivity contribution in [3.8, 4) is 6.01 Å². The minimum Gasteiger partial charge on any atom is -0.458 e. The lowest BCUT2D eigenvalue weighted by atomic mass is 10.1. The standard InChI is InChI=1S/C18H20Cl2N4O2/c1-2-12-9-21-17(22-10-12)26-14-4-3-7-24(11-14)18(25)23-13-5-6-15(19)16(20)8-13/h5-6,8-10,14H,2-4,7,11H2,1H3,(H,23,25). The number of carbonyl (C=O) groups excluding carboxylic acids is 1. The molecule has 6 nitrogen and oxygen atoms in total. The summed E-state index contributed by atoms with van der Waals surface area (Å²) in [4.78, 5) is 22.7. The number of nitrogens with one attached hydrogen (secondary N) is 1. The number of amides is 2. The number of nitrogens with zero attached hydrogens (tertiary/aromatic N) is 3. The molecule has 3 rings (SSSR count). The molecule has 8 heteroatoms. The number of urea groups is 1. The molecule has 1 aromatic heterocycles. The number of ether oxygens (including phenoxy) is 1. The molecule has 0 bridgehead atoms. The lowest BCUT2D eigenvalue weighted by Gasteiger charge is -2.32. The van der Waals surface area contributed by atoms with Crippen LogP contribution in [0.25, 0.3) is 0 Å². The second kappa shape index (κ2) is 8.56. The maximum atomic E-state index is 12.5. The molecule has 138 valence electrons. The van der Waals surface area contributed by atoms with Gasteiger partial charge in [-0.05, 0) is 43.0 Å². The van der Waals surface area contributed by atoms with Gasteiger partial charge in [0.05, 0.1) is 16.6 Å². The highest BCUT2D eigenvalue weighted by Gasteiger charge is 2.25. The third kappa shape index (κ3) is 4.77. The third-order valence-electron chi connectivity index (χ3n) is 4.20. The van der Waals surface area contributed by atoms with Crippen LogP contribution >= 0.6 is 23.2 Å². The summed E-state index contributed by atoms with van der Waals surface area (Å²) in [5, 5.41) is 3.69. The zero-order valence-electron chi connectivity index (χ0n) is 14.4. The first-order chi connectivity index (χ1) is 12.5. The maximum Gasteiger partial charge on any atom is 0.321 e. The number of benzene rings is 1. The Kier molecular flexibility index (Phi) is 6.16. The highest BCUT2D eigenvalue weighted by atomic mass is 35.5. The number of likely N-dealkylation sites (tertiary alicyclic amines) is 1. The van der Waals surface area contributed by atoms with Crippen molar-refractivity contribution in [3.63, 3.8) is 0 Å². The molecule has 2 amide bonds. The largest absolute Gasteiger partial charge is 0.458 e. The molecule has 0 radical (unpaired) electrons. The van der Waals surface area contributed by atoms with Gasteiger partial charge in [0.25, 0.3) is 0 Å². The number of halogens is 2. The Labute approximate surface area is 162 Å². The van der Waals surface area contributed by atoms with E-state index in [-0.39, 0.29) is 12.1 Å². The lowest BCUT2D eigenvalue weighted by Crippen LogP contribution is -2.46. The summed E-state index contributed by atoms with van der Waals surface area (Å²) in [6.07, 6.45) is 5.99. The van der Waals surface area contributed by atoms with Crippen LogP contribution in [-0.2, 0) is 6.42 Å². The second-order valence-electron chi connectivity index (χ2n) is 6.11. The van der Waals surface area contributed by atoms with Crippen LogP contribution in [0.3, 0.4) is 0 Å². The van der Waals surface area contributed by atoms with Crippen molar-refractivity contribution in [1.82, 2.24) is 14.9 Å².